The zero-order chi connectivity index (χ0) is 21.6. The Morgan fingerprint density at radius 3 is 2.23 bits per heavy atom. The molecule has 1 heterocycles. The van der Waals surface area contributed by atoms with Crippen LogP contribution in [0.4, 0.5) is 0 Å². The fraction of sp³-hybridized carbons (Fsp3) is 0.348. The third-order valence-electron chi connectivity index (χ3n) is 5.58. The molecule has 1 amide bonds. The molecule has 0 aliphatic carbocycles. The molecule has 2 aromatic carbocycles. The van der Waals surface area contributed by atoms with Crippen molar-refractivity contribution in [3.8, 4) is 0 Å². The van der Waals surface area contributed by atoms with Crippen LogP contribution in [0.5, 0.6) is 0 Å². The van der Waals surface area contributed by atoms with E-state index in [1.807, 2.05) is 74.6 Å². The minimum absolute atomic E-state index is 0.0779. The van der Waals surface area contributed by atoms with Crippen molar-refractivity contribution in [2.75, 3.05) is 33.2 Å². The summed E-state index contributed by atoms with van der Waals surface area (Å²) < 4.78 is 26.8. The van der Waals surface area contributed by atoms with Crippen molar-refractivity contribution in [3.05, 3.63) is 77.2 Å². The number of piperazine rings is 1. The maximum Gasteiger partial charge on any atom is 0.280 e. The van der Waals surface area contributed by atoms with Crippen molar-refractivity contribution in [3.63, 3.8) is 0 Å². The molecule has 0 spiro atoms. The number of likely N-dealkylation sites (N-methyl/N-ethyl adjacent to an activating group) is 1. The van der Waals surface area contributed by atoms with Crippen LogP contribution in [-0.2, 0) is 21.4 Å². The van der Waals surface area contributed by atoms with Gasteiger partial charge in [-0.3, -0.25) is 4.79 Å². The van der Waals surface area contributed by atoms with E-state index in [0.29, 0.717) is 32.7 Å². The minimum Gasteiger partial charge on any atom is -0.336 e. The Bertz CT molecular complexity index is 954. The number of sulfonamides is 1. The zero-order valence-electron chi connectivity index (χ0n) is 17.6. The van der Waals surface area contributed by atoms with Crippen LogP contribution in [0.2, 0.25) is 0 Å². The predicted molar refractivity (Wildman–Crippen MR) is 119 cm³/mol. The summed E-state index contributed by atoms with van der Waals surface area (Å²) in [5, 5.41) is 1.27. The average Bonchev–Trinajstić information content (AvgIpc) is 2.78. The summed E-state index contributed by atoms with van der Waals surface area (Å²) in [7, 11) is -1.64. The van der Waals surface area contributed by atoms with Crippen LogP contribution >= 0.6 is 0 Å². The van der Waals surface area contributed by atoms with Gasteiger partial charge in [0.2, 0.25) is 10.0 Å². The lowest BCUT2D eigenvalue weighted by atomic mass is 10.2. The van der Waals surface area contributed by atoms with Gasteiger partial charge in [-0.25, -0.2) is 8.42 Å². The van der Waals surface area contributed by atoms with Crippen LogP contribution in [0.1, 0.15) is 18.1 Å². The number of amides is 1. The summed E-state index contributed by atoms with van der Waals surface area (Å²) >= 11 is 0. The second kappa shape index (κ2) is 10.0. The summed E-state index contributed by atoms with van der Waals surface area (Å²) in [6.45, 7) is 4.56. The zero-order valence-corrected chi connectivity index (χ0v) is 18.4. The molecule has 3 rings (SSSR count). The largest absolute Gasteiger partial charge is 0.336 e. The van der Waals surface area contributed by atoms with Gasteiger partial charge in [-0.05, 0) is 24.1 Å². The number of hydrogen-bond acceptors (Lipinski definition) is 3. The number of quaternary nitrogens is 1. The van der Waals surface area contributed by atoms with E-state index in [4.69, 9.17) is 0 Å². The fourth-order valence-corrected chi connectivity index (χ4v) is 4.91. The molecule has 0 saturated carbocycles. The molecule has 1 aliphatic heterocycles. The molecule has 160 valence electrons. The molecule has 0 aromatic heterocycles. The Hall–Kier alpha value is -2.48. The molecule has 1 saturated heterocycles. The first-order valence-corrected chi connectivity index (χ1v) is 11.7. The standard InChI is InChI=1S/C23H29N3O3S/c1-20(23(27)24(2)19-22-11-7-4-8-12-22)25-14-16-26(17-15-25)30(28,29)18-13-21-9-5-3-6-10-21/h3-13,18,20H,14-17,19H2,1-2H3/p+1/b18-13+/t20-/m0/s1. The molecule has 0 radical (unpaired) electrons. The molecule has 7 heteroatoms. The van der Waals surface area contributed by atoms with Crippen LogP contribution in [0, 0.1) is 0 Å². The first-order valence-electron chi connectivity index (χ1n) is 10.2. The van der Waals surface area contributed by atoms with E-state index >= 15 is 0 Å². The average molecular weight is 429 g/mol. The topological polar surface area (TPSA) is 62.1 Å². The van der Waals surface area contributed by atoms with Crippen LogP contribution in [-0.4, -0.2) is 62.8 Å². The Morgan fingerprint density at radius 2 is 1.63 bits per heavy atom. The maximum atomic E-state index is 12.8. The molecular formula is C23H30N3O3S+. The fourth-order valence-electron chi connectivity index (χ4n) is 3.72. The Kier molecular flexibility index (Phi) is 7.42. The third-order valence-corrected chi connectivity index (χ3v) is 7.14. The van der Waals surface area contributed by atoms with Gasteiger partial charge in [-0.15, -0.1) is 0 Å². The van der Waals surface area contributed by atoms with E-state index in [1.54, 1.807) is 11.0 Å². The molecule has 1 fully saturated rings. The van der Waals surface area contributed by atoms with Gasteiger partial charge in [0, 0.05) is 19.0 Å². The van der Waals surface area contributed by atoms with Gasteiger partial charge in [0.05, 0.1) is 26.2 Å². The van der Waals surface area contributed by atoms with Crippen molar-refractivity contribution in [2.45, 2.75) is 19.5 Å². The number of benzene rings is 2. The number of rotatable bonds is 7. The second-order valence-electron chi connectivity index (χ2n) is 7.72. The lowest BCUT2D eigenvalue weighted by Gasteiger charge is -2.35. The molecule has 0 bridgehead atoms. The number of nitrogens with zero attached hydrogens (tertiary/aromatic N) is 2. The number of nitrogens with one attached hydrogen (secondary N) is 1. The lowest BCUT2D eigenvalue weighted by molar-refractivity contribution is -0.918. The summed E-state index contributed by atoms with van der Waals surface area (Å²) in [4.78, 5) is 15.7. The Labute approximate surface area is 179 Å². The van der Waals surface area contributed by atoms with Crippen molar-refractivity contribution < 1.29 is 18.1 Å². The maximum absolute atomic E-state index is 12.8. The predicted octanol–water partition coefficient (Wildman–Crippen LogP) is 1.23. The van der Waals surface area contributed by atoms with E-state index in [9.17, 15) is 13.2 Å². The van der Waals surface area contributed by atoms with Crippen molar-refractivity contribution in [1.29, 1.82) is 0 Å². The third kappa shape index (κ3) is 5.78. The van der Waals surface area contributed by atoms with E-state index in [-0.39, 0.29) is 11.9 Å². The first kappa shape index (κ1) is 22.2. The van der Waals surface area contributed by atoms with Crippen molar-refractivity contribution in [2.24, 2.45) is 0 Å². The van der Waals surface area contributed by atoms with E-state index in [2.05, 4.69) is 0 Å². The van der Waals surface area contributed by atoms with Crippen LogP contribution in [0.25, 0.3) is 6.08 Å². The summed E-state index contributed by atoms with van der Waals surface area (Å²) in [5.41, 5.74) is 1.95. The highest BCUT2D eigenvalue weighted by Crippen LogP contribution is 2.09. The first-order chi connectivity index (χ1) is 14.4. The van der Waals surface area contributed by atoms with E-state index in [1.165, 1.54) is 9.71 Å². The Balaban J connectivity index is 1.54. The van der Waals surface area contributed by atoms with Gasteiger partial charge >= 0.3 is 0 Å². The van der Waals surface area contributed by atoms with Crippen LogP contribution in [0.15, 0.2) is 66.1 Å². The highest BCUT2D eigenvalue weighted by molar-refractivity contribution is 7.92. The molecule has 2 aromatic rings. The van der Waals surface area contributed by atoms with E-state index < -0.39 is 10.0 Å². The molecule has 6 nitrogen and oxygen atoms in total. The van der Waals surface area contributed by atoms with Crippen LogP contribution in [0.3, 0.4) is 0 Å². The number of carbonyl (C=O) groups is 1. The van der Waals surface area contributed by atoms with Crippen molar-refractivity contribution >= 4 is 22.0 Å². The Morgan fingerprint density at radius 1 is 1.07 bits per heavy atom. The van der Waals surface area contributed by atoms with Gasteiger partial charge in [0.25, 0.3) is 5.91 Å². The van der Waals surface area contributed by atoms with E-state index in [0.717, 1.165) is 16.0 Å². The molecule has 0 unspecified atom stereocenters. The monoisotopic (exact) mass is 428 g/mol. The summed E-state index contributed by atoms with van der Waals surface area (Å²) in [6.07, 6.45) is 1.62. The van der Waals surface area contributed by atoms with Gasteiger partial charge in [0.15, 0.2) is 6.04 Å². The van der Waals surface area contributed by atoms with Gasteiger partial charge in [0.1, 0.15) is 0 Å². The van der Waals surface area contributed by atoms with Gasteiger partial charge in [-0.2, -0.15) is 4.31 Å². The van der Waals surface area contributed by atoms with Gasteiger partial charge in [-0.1, -0.05) is 60.7 Å². The van der Waals surface area contributed by atoms with Gasteiger partial charge < -0.3 is 9.80 Å². The second-order valence-corrected chi connectivity index (χ2v) is 9.54. The smallest absolute Gasteiger partial charge is 0.280 e. The molecular weight excluding hydrogens is 398 g/mol. The summed E-state index contributed by atoms with van der Waals surface area (Å²) in [5.74, 6) is 0.0779. The summed E-state index contributed by atoms with van der Waals surface area (Å²) in [6, 6.07) is 19.1. The molecule has 30 heavy (non-hydrogen) atoms. The number of carbonyl (C=O) groups excluding carboxylic acids is 1. The molecule has 1 N–H and O–H groups in total. The molecule has 1 aliphatic rings. The lowest BCUT2D eigenvalue weighted by Crippen LogP contribution is -3.19. The molecule has 1 atom stereocenters. The number of hydrogen-bond donors (Lipinski definition) is 1. The quantitative estimate of drug-likeness (QED) is 0.722. The van der Waals surface area contributed by atoms with Crippen LogP contribution < -0.4 is 4.90 Å². The highest BCUT2D eigenvalue weighted by Gasteiger charge is 2.33. The normalized spacial score (nSPS) is 17.1. The minimum atomic E-state index is -3.46. The highest BCUT2D eigenvalue weighted by atomic mass is 32.2. The van der Waals surface area contributed by atoms with Crippen molar-refractivity contribution in [1.82, 2.24) is 9.21 Å². The SMILES string of the molecule is C[C@@H](C(=O)N(C)Cc1ccccc1)[NH+]1CCN(S(=O)(=O)/C=C/c2ccccc2)CC1.